The van der Waals surface area contributed by atoms with E-state index in [1.54, 1.807) is 30.7 Å². The first-order valence-electron chi connectivity index (χ1n) is 9.07. The second-order valence-electron chi connectivity index (χ2n) is 6.35. The molecule has 4 rings (SSSR count). The molecule has 0 aliphatic heterocycles. The van der Waals surface area contributed by atoms with E-state index in [4.69, 9.17) is 9.47 Å². The smallest absolute Gasteiger partial charge is 0.338 e. The zero-order chi connectivity index (χ0) is 21.1. The van der Waals surface area contributed by atoms with Crippen molar-refractivity contribution >= 4 is 29.1 Å². The third-order valence-corrected chi connectivity index (χ3v) is 4.57. The molecule has 2 aromatic carbocycles. The van der Waals surface area contributed by atoms with E-state index in [0.29, 0.717) is 17.2 Å². The number of nitrogens with zero attached hydrogens (tertiary/aromatic N) is 3. The number of rotatable bonds is 5. The number of nitrogens with one attached hydrogen (secondary N) is 1. The van der Waals surface area contributed by atoms with Gasteiger partial charge >= 0.3 is 11.9 Å². The van der Waals surface area contributed by atoms with Gasteiger partial charge in [-0.25, -0.2) is 14.6 Å². The standard InChI is InChI=1S/C22H18N4O4/c1-29-21(27)16-9-8-15(12-17(16)22(28)30-2)24-20-19(14-6-4-3-5-7-14)25-18-13-23-10-11-26(18)20/h3-13,24H,1-2H3. The summed E-state index contributed by atoms with van der Waals surface area (Å²) in [7, 11) is 2.52. The summed E-state index contributed by atoms with van der Waals surface area (Å²) in [5, 5.41) is 3.31. The number of ether oxygens (including phenoxy) is 2. The maximum Gasteiger partial charge on any atom is 0.338 e. The van der Waals surface area contributed by atoms with Crippen LogP contribution in [0.15, 0.2) is 67.1 Å². The fourth-order valence-electron chi connectivity index (χ4n) is 3.15. The number of imidazole rings is 1. The Morgan fingerprint density at radius 3 is 2.43 bits per heavy atom. The summed E-state index contributed by atoms with van der Waals surface area (Å²) >= 11 is 0. The van der Waals surface area contributed by atoms with E-state index >= 15 is 0 Å². The fraction of sp³-hybridized carbons (Fsp3) is 0.0909. The maximum absolute atomic E-state index is 12.2. The Morgan fingerprint density at radius 2 is 1.70 bits per heavy atom. The lowest BCUT2D eigenvalue weighted by molar-refractivity contribution is 0.0555. The van der Waals surface area contributed by atoms with Gasteiger partial charge in [-0.05, 0) is 18.2 Å². The van der Waals surface area contributed by atoms with Crippen molar-refractivity contribution < 1.29 is 19.1 Å². The van der Waals surface area contributed by atoms with E-state index in [-0.39, 0.29) is 11.1 Å². The van der Waals surface area contributed by atoms with Crippen molar-refractivity contribution in [2.75, 3.05) is 19.5 Å². The molecule has 0 aliphatic rings. The minimum Gasteiger partial charge on any atom is -0.465 e. The SMILES string of the molecule is COC(=O)c1ccc(Nc2c(-c3ccccc3)nc3cnccn23)cc1C(=O)OC. The van der Waals surface area contributed by atoms with E-state index in [0.717, 1.165) is 11.3 Å². The number of hydrogen-bond donors (Lipinski definition) is 1. The van der Waals surface area contributed by atoms with Crippen LogP contribution in [0, 0.1) is 0 Å². The van der Waals surface area contributed by atoms with E-state index < -0.39 is 11.9 Å². The molecule has 0 amide bonds. The lowest BCUT2D eigenvalue weighted by Gasteiger charge is -2.12. The molecule has 0 saturated carbocycles. The van der Waals surface area contributed by atoms with Crippen molar-refractivity contribution in [2.45, 2.75) is 0 Å². The number of carbonyl (C=O) groups is 2. The molecule has 0 aliphatic carbocycles. The zero-order valence-electron chi connectivity index (χ0n) is 16.3. The quantitative estimate of drug-likeness (QED) is 0.509. The molecule has 0 bridgehead atoms. The Morgan fingerprint density at radius 1 is 0.967 bits per heavy atom. The van der Waals surface area contributed by atoms with Crippen LogP contribution in [0.2, 0.25) is 0 Å². The third-order valence-electron chi connectivity index (χ3n) is 4.57. The van der Waals surface area contributed by atoms with Crippen molar-refractivity contribution in [3.63, 3.8) is 0 Å². The van der Waals surface area contributed by atoms with Gasteiger partial charge in [-0.15, -0.1) is 0 Å². The van der Waals surface area contributed by atoms with Gasteiger partial charge in [0, 0.05) is 23.6 Å². The molecular weight excluding hydrogens is 384 g/mol. The number of hydrogen-bond acceptors (Lipinski definition) is 7. The third kappa shape index (κ3) is 3.46. The lowest BCUT2D eigenvalue weighted by Crippen LogP contribution is -2.12. The van der Waals surface area contributed by atoms with E-state index in [9.17, 15) is 9.59 Å². The highest BCUT2D eigenvalue weighted by Gasteiger charge is 2.20. The number of methoxy groups -OCH3 is 2. The first kappa shape index (κ1) is 19.1. The van der Waals surface area contributed by atoms with Crippen molar-refractivity contribution in [3.8, 4) is 11.3 Å². The van der Waals surface area contributed by atoms with Crippen LogP contribution in [0.4, 0.5) is 11.5 Å². The van der Waals surface area contributed by atoms with Gasteiger partial charge in [-0.1, -0.05) is 30.3 Å². The summed E-state index contributed by atoms with van der Waals surface area (Å²) in [6.07, 6.45) is 5.12. The van der Waals surface area contributed by atoms with Gasteiger partial charge in [0.25, 0.3) is 0 Å². The number of fused-ring (bicyclic) bond motifs is 1. The highest BCUT2D eigenvalue weighted by Crippen LogP contribution is 2.31. The van der Waals surface area contributed by atoms with Crippen LogP contribution in [0.5, 0.6) is 0 Å². The van der Waals surface area contributed by atoms with Crippen LogP contribution in [-0.4, -0.2) is 40.5 Å². The first-order valence-corrected chi connectivity index (χ1v) is 9.07. The van der Waals surface area contributed by atoms with Gasteiger partial charge in [0.15, 0.2) is 5.65 Å². The Labute approximate surface area is 172 Å². The number of anilines is 2. The van der Waals surface area contributed by atoms with Crippen LogP contribution in [-0.2, 0) is 9.47 Å². The summed E-state index contributed by atoms with van der Waals surface area (Å²) in [5.74, 6) is -0.558. The van der Waals surface area contributed by atoms with Crippen molar-refractivity contribution in [3.05, 3.63) is 78.2 Å². The van der Waals surface area contributed by atoms with Gasteiger partial charge in [0.2, 0.25) is 0 Å². The molecule has 2 heterocycles. The Kier molecular flexibility index (Phi) is 5.13. The Balaban J connectivity index is 1.83. The van der Waals surface area contributed by atoms with Gasteiger partial charge in [0.05, 0.1) is 31.5 Å². The zero-order valence-corrected chi connectivity index (χ0v) is 16.3. The number of carbonyl (C=O) groups excluding carboxylic acids is 2. The van der Waals surface area contributed by atoms with Gasteiger partial charge in [0.1, 0.15) is 11.5 Å². The average Bonchev–Trinajstić information content (AvgIpc) is 3.17. The van der Waals surface area contributed by atoms with Crippen LogP contribution in [0.25, 0.3) is 16.9 Å². The summed E-state index contributed by atoms with van der Waals surface area (Å²) in [6.45, 7) is 0. The molecule has 8 nitrogen and oxygen atoms in total. The first-order chi connectivity index (χ1) is 14.6. The summed E-state index contributed by atoms with van der Waals surface area (Å²) in [6, 6.07) is 14.5. The molecule has 1 N–H and O–H groups in total. The van der Waals surface area contributed by atoms with Crippen molar-refractivity contribution in [1.29, 1.82) is 0 Å². The molecule has 0 radical (unpaired) electrons. The predicted molar refractivity (Wildman–Crippen MR) is 111 cm³/mol. The highest BCUT2D eigenvalue weighted by molar-refractivity contribution is 6.04. The van der Waals surface area contributed by atoms with Crippen LogP contribution >= 0.6 is 0 Å². The second kappa shape index (κ2) is 8.04. The van der Waals surface area contributed by atoms with Crippen LogP contribution in [0.3, 0.4) is 0 Å². The normalized spacial score (nSPS) is 10.6. The molecule has 30 heavy (non-hydrogen) atoms. The molecule has 0 fully saturated rings. The monoisotopic (exact) mass is 402 g/mol. The molecule has 2 aromatic heterocycles. The Hall–Kier alpha value is -4.20. The minimum absolute atomic E-state index is 0.103. The molecule has 0 saturated heterocycles. The summed E-state index contributed by atoms with van der Waals surface area (Å²) < 4.78 is 11.5. The maximum atomic E-state index is 12.2. The molecule has 4 aromatic rings. The molecule has 8 heteroatoms. The average molecular weight is 402 g/mol. The molecule has 150 valence electrons. The van der Waals surface area contributed by atoms with E-state index in [2.05, 4.69) is 15.3 Å². The van der Waals surface area contributed by atoms with Crippen molar-refractivity contribution in [2.24, 2.45) is 0 Å². The predicted octanol–water partition coefficient (Wildman–Crippen LogP) is 3.71. The molecule has 0 spiro atoms. The summed E-state index contributed by atoms with van der Waals surface area (Å²) in [4.78, 5) is 33.1. The van der Waals surface area contributed by atoms with Crippen LogP contribution in [0.1, 0.15) is 20.7 Å². The van der Waals surface area contributed by atoms with Gasteiger partial charge in [-0.2, -0.15) is 0 Å². The molecule has 0 atom stereocenters. The van der Waals surface area contributed by atoms with Gasteiger partial charge in [-0.3, -0.25) is 9.38 Å². The summed E-state index contributed by atoms with van der Waals surface area (Å²) in [5.41, 5.74) is 3.12. The van der Waals surface area contributed by atoms with Crippen LogP contribution < -0.4 is 5.32 Å². The Bertz CT molecular complexity index is 1230. The van der Waals surface area contributed by atoms with E-state index in [1.165, 1.54) is 20.3 Å². The second-order valence-corrected chi connectivity index (χ2v) is 6.35. The lowest BCUT2D eigenvalue weighted by atomic mass is 10.1. The molecule has 0 unspecified atom stereocenters. The molecular formula is C22H18N4O4. The number of aromatic nitrogens is 3. The minimum atomic E-state index is -0.635. The van der Waals surface area contributed by atoms with Gasteiger partial charge < -0.3 is 14.8 Å². The number of esters is 2. The largest absolute Gasteiger partial charge is 0.465 e. The number of benzene rings is 2. The van der Waals surface area contributed by atoms with E-state index in [1.807, 2.05) is 34.7 Å². The van der Waals surface area contributed by atoms with Crippen molar-refractivity contribution in [1.82, 2.24) is 14.4 Å². The highest BCUT2D eigenvalue weighted by atomic mass is 16.5. The topological polar surface area (TPSA) is 94.8 Å². The fourth-order valence-corrected chi connectivity index (χ4v) is 3.15.